The molecular formula is C25H21F3N4O3. The lowest BCUT2D eigenvalue weighted by molar-refractivity contribution is -0.137. The van der Waals surface area contributed by atoms with Crippen molar-refractivity contribution in [3.05, 3.63) is 94.8 Å². The van der Waals surface area contributed by atoms with Crippen LogP contribution in [0.4, 0.5) is 18.9 Å². The Morgan fingerprint density at radius 2 is 1.69 bits per heavy atom. The molecule has 0 atom stereocenters. The van der Waals surface area contributed by atoms with E-state index in [4.69, 9.17) is 4.74 Å². The predicted molar refractivity (Wildman–Crippen MR) is 124 cm³/mol. The van der Waals surface area contributed by atoms with Gasteiger partial charge >= 0.3 is 6.18 Å². The lowest BCUT2D eigenvalue weighted by atomic mass is 10.1. The summed E-state index contributed by atoms with van der Waals surface area (Å²) in [6, 6.07) is 16.6. The average molecular weight is 482 g/mol. The van der Waals surface area contributed by atoms with Crippen LogP contribution in [-0.2, 0) is 24.1 Å². The molecule has 180 valence electrons. The molecule has 1 heterocycles. The number of hydrogen-bond donors (Lipinski definition) is 3. The van der Waals surface area contributed by atoms with Gasteiger partial charge in [0, 0.05) is 19.3 Å². The van der Waals surface area contributed by atoms with Crippen LogP contribution in [0.1, 0.15) is 37.7 Å². The first-order chi connectivity index (χ1) is 16.8. The second-order valence-corrected chi connectivity index (χ2v) is 7.70. The number of anilines is 1. The molecule has 0 radical (unpaired) electrons. The monoisotopic (exact) mass is 482 g/mol. The zero-order valence-corrected chi connectivity index (χ0v) is 18.6. The number of alkyl halides is 3. The van der Waals surface area contributed by atoms with Crippen molar-refractivity contribution in [3.8, 4) is 0 Å². The number of benzene rings is 3. The summed E-state index contributed by atoms with van der Waals surface area (Å²) >= 11 is 0. The number of imidazole rings is 1. The topological polar surface area (TPSA) is 96.1 Å². The van der Waals surface area contributed by atoms with Gasteiger partial charge in [-0.25, -0.2) is 4.98 Å². The van der Waals surface area contributed by atoms with Gasteiger partial charge in [0.15, 0.2) is 0 Å². The van der Waals surface area contributed by atoms with Crippen molar-refractivity contribution >= 4 is 28.5 Å². The average Bonchev–Trinajstić information content (AvgIpc) is 3.24. The highest BCUT2D eigenvalue weighted by molar-refractivity contribution is 6.10. The molecule has 7 nitrogen and oxygen atoms in total. The standard InChI is InChI=1S/C25H21F3N4O3/c1-35-14-21-31-20-12-16(30-24(34)17-9-5-6-10-19(17)25(26,27)28)11-18(22(20)32-21)23(33)29-13-15-7-3-2-4-8-15/h2-12H,13-14H2,1H3,(H,29,33)(H,30,34)(H,31,32). The first kappa shape index (κ1) is 24.0. The number of carbonyl (C=O) groups excluding carboxylic acids is 2. The highest BCUT2D eigenvalue weighted by Crippen LogP contribution is 2.32. The van der Waals surface area contributed by atoms with Crippen LogP contribution in [0.3, 0.4) is 0 Å². The zero-order valence-electron chi connectivity index (χ0n) is 18.6. The van der Waals surface area contributed by atoms with Gasteiger partial charge < -0.3 is 20.4 Å². The third-order valence-electron chi connectivity index (χ3n) is 5.19. The molecule has 0 saturated carbocycles. The fraction of sp³-hybridized carbons (Fsp3) is 0.160. The number of hydrogen-bond acceptors (Lipinski definition) is 4. The van der Waals surface area contributed by atoms with Crippen LogP contribution >= 0.6 is 0 Å². The van der Waals surface area contributed by atoms with E-state index in [1.165, 1.54) is 31.4 Å². The molecule has 1 aromatic heterocycles. The maximum absolute atomic E-state index is 13.4. The number of H-pyrrole nitrogens is 1. The van der Waals surface area contributed by atoms with Crippen molar-refractivity contribution in [1.82, 2.24) is 15.3 Å². The van der Waals surface area contributed by atoms with Crippen LogP contribution in [0.5, 0.6) is 0 Å². The van der Waals surface area contributed by atoms with Gasteiger partial charge in [0.25, 0.3) is 11.8 Å². The highest BCUT2D eigenvalue weighted by atomic mass is 19.4. The van der Waals surface area contributed by atoms with Crippen molar-refractivity contribution in [3.63, 3.8) is 0 Å². The second-order valence-electron chi connectivity index (χ2n) is 7.70. The van der Waals surface area contributed by atoms with E-state index in [2.05, 4.69) is 20.6 Å². The summed E-state index contributed by atoms with van der Waals surface area (Å²) in [6.07, 6.45) is -4.70. The Hall–Kier alpha value is -4.18. The van der Waals surface area contributed by atoms with Crippen LogP contribution in [0, 0.1) is 0 Å². The largest absolute Gasteiger partial charge is 0.417 e. The molecule has 0 aliphatic rings. The number of methoxy groups -OCH3 is 1. The van der Waals surface area contributed by atoms with Gasteiger partial charge in [-0.3, -0.25) is 9.59 Å². The van der Waals surface area contributed by atoms with E-state index < -0.39 is 29.1 Å². The number of ether oxygens (including phenoxy) is 1. The van der Waals surface area contributed by atoms with Crippen molar-refractivity contribution in [2.75, 3.05) is 12.4 Å². The van der Waals surface area contributed by atoms with E-state index in [-0.39, 0.29) is 24.4 Å². The number of carbonyl (C=O) groups is 2. The molecule has 2 amide bonds. The molecule has 3 aromatic carbocycles. The van der Waals surface area contributed by atoms with Gasteiger partial charge in [-0.2, -0.15) is 13.2 Å². The lowest BCUT2D eigenvalue weighted by Crippen LogP contribution is -2.23. The summed E-state index contributed by atoms with van der Waals surface area (Å²) in [6.45, 7) is 0.409. The van der Waals surface area contributed by atoms with Crippen LogP contribution in [0.25, 0.3) is 11.0 Å². The molecule has 0 saturated heterocycles. The van der Waals surface area contributed by atoms with E-state index in [0.717, 1.165) is 17.7 Å². The molecule has 0 spiro atoms. The van der Waals surface area contributed by atoms with Gasteiger partial charge in [0.05, 0.1) is 22.2 Å². The quantitative estimate of drug-likeness (QED) is 0.349. The summed E-state index contributed by atoms with van der Waals surface area (Å²) in [4.78, 5) is 33.2. The van der Waals surface area contributed by atoms with Crippen LogP contribution in [-0.4, -0.2) is 28.9 Å². The number of nitrogens with one attached hydrogen (secondary N) is 3. The summed E-state index contributed by atoms with van der Waals surface area (Å²) in [5.74, 6) is -0.962. The zero-order chi connectivity index (χ0) is 25.0. The first-order valence-electron chi connectivity index (χ1n) is 10.6. The van der Waals surface area contributed by atoms with Gasteiger partial charge in [-0.15, -0.1) is 0 Å². The molecule has 0 fully saturated rings. The molecule has 3 N–H and O–H groups in total. The predicted octanol–water partition coefficient (Wildman–Crippen LogP) is 4.91. The molecule has 10 heteroatoms. The minimum Gasteiger partial charge on any atom is -0.377 e. The Morgan fingerprint density at radius 1 is 0.971 bits per heavy atom. The number of rotatable bonds is 7. The number of amides is 2. The van der Waals surface area contributed by atoms with Crippen molar-refractivity contribution in [2.45, 2.75) is 19.3 Å². The fourth-order valence-electron chi connectivity index (χ4n) is 3.62. The minimum absolute atomic E-state index is 0.136. The van der Waals surface area contributed by atoms with Crippen molar-refractivity contribution < 1.29 is 27.5 Å². The van der Waals surface area contributed by atoms with Gasteiger partial charge in [-0.1, -0.05) is 42.5 Å². The number of fused-ring (bicyclic) bond motifs is 1. The Balaban J connectivity index is 1.67. The summed E-state index contributed by atoms with van der Waals surface area (Å²) in [5.41, 5.74) is 0.351. The Labute approximate surface area is 198 Å². The highest BCUT2D eigenvalue weighted by Gasteiger charge is 2.35. The van der Waals surface area contributed by atoms with E-state index in [1.54, 1.807) is 0 Å². The molecule has 4 aromatic rings. The number of aromatic amines is 1. The SMILES string of the molecule is COCc1nc2c(C(=O)NCc3ccccc3)cc(NC(=O)c3ccccc3C(F)(F)F)cc2[nH]1. The Morgan fingerprint density at radius 3 is 2.40 bits per heavy atom. The van der Waals surface area contributed by atoms with Gasteiger partial charge in [0.2, 0.25) is 0 Å². The summed E-state index contributed by atoms with van der Waals surface area (Å²) in [5, 5.41) is 5.28. The smallest absolute Gasteiger partial charge is 0.377 e. The fourth-order valence-corrected chi connectivity index (χ4v) is 3.62. The molecule has 0 unspecified atom stereocenters. The van der Waals surface area contributed by atoms with Crippen molar-refractivity contribution in [2.24, 2.45) is 0 Å². The third-order valence-corrected chi connectivity index (χ3v) is 5.19. The van der Waals surface area contributed by atoms with Gasteiger partial charge in [0.1, 0.15) is 17.9 Å². The second kappa shape index (κ2) is 9.98. The minimum atomic E-state index is -4.70. The molecular weight excluding hydrogens is 461 g/mol. The van der Waals surface area contributed by atoms with Gasteiger partial charge in [-0.05, 0) is 29.8 Å². The summed E-state index contributed by atoms with van der Waals surface area (Å²) < 4.78 is 45.2. The lowest BCUT2D eigenvalue weighted by Gasteiger charge is -2.13. The molecule has 4 rings (SSSR count). The van der Waals surface area contributed by atoms with E-state index in [0.29, 0.717) is 16.9 Å². The maximum atomic E-state index is 13.4. The summed E-state index contributed by atoms with van der Waals surface area (Å²) in [7, 11) is 1.49. The normalized spacial score (nSPS) is 11.4. The molecule has 0 aliphatic heterocycles. The Bertz CT molecular complexity index is 1370. The van der Waals surface area contributed by atoms with Crippen molar-refractivity contribution in [1.29, 1.82) is 0 Å². The molecule has 35 heavy (non-hydrogen) atoms. The van der Waals surface area contributed by atoms with E-state index >= 15 is 0 Å². The van der Waals surface area contributed by atoms with Crippen LogP contribution in [0.15, 0.2) is 66.7 Å². The number of halogens is 3. The number of aromatic nitrogens is 2. The van der Waals surface area contributed by atoms with Crippen LogP contribution in [0.2, 0.25) is 0 Å². The molecule has 0 aliphatic carbocycles. The first-order valence-corrected chi connectivity index (χ1v) is 10.6. The van der Waals surface area contributed by atoms with E-state index in [9.17, 15) is 22.8 Å². The maximum Gasteiger partial charge on any atom is 0.417 e. The van der Waals surface area contributed by atoms with E-state index in [1.807, 2.05) is 30.3 Å². The number of nitrogens with zero attached hydrogens (tertiary/aromatic N) is 1. The Kier molecular flexibility index (Phi) is 6.83. The third kappa shape index (κ3) is 5.49. The van der Waals surface area contributed by atoms with Crippen LogP contribution < -0.4 is 10.6 Å². The molecule has 0 bridgehead atoms.